The van der Waals surface area contributed by atoms with Gasteiger partial charge in [0.25, 0.3) is 0 Å². The fourth-order valence-electron chi connectivity index (χ4n) is 3.12. The number of rotatable bonds is 8. The van der Waals surface area contributed by atoms with E-state index in [1.54, 1.807) is 44.2 Å². The van der Waals surface area contributed by atoms with Gasteiger partial charge in [-0.3, -0.25) is 4.79 Å². The highest BCUT2D eigenvalue weighted by atomic mass is 35.5. The van der Waals surface area contributed by atoms with Crippen LogP contribution < -0.4 is 5.32 Å². The number of amides is 1. The summed E-state index contributed by atoms with van der Waals surface area (Å²) in [7, 11) is -3.89. The molecule has 1 N–H and O–H groups in total. The van der Waals surface area contributed by atoms with Crippen LogP contribution in [0.25, 0.3) is 0 Å². The first-order valence-electron chi connectivity index (χ1n) is 8.85. The molecule has 0 saturated heterocycles. The molecule has 0 spiro atoms. The molecule has 150 valence electrons. The molecule has 0 radical (unpaired) electrons. The predicted molar refractivity (Wildman–Crippen MR) is 113 cm³/mol. The van der Waals surface area contributed by atoms with Gasteiger partial charge < -0.3 is 5.32 Å². The van der Waals surface area contributed by atoms with Crippen molar-refractivity contribution < 1.29 is 13.2 Å². The van der Waals surface area contributed by atoms with E-state index in [0.29, 0.717) is 16.1 Å². The largest absolute Gasteiger partial charge is 0.351 e. The van der Waals surface area contributed by atoms with E-state index in [-0.39, 0.29) is 30.4 Å². The molecule has 1 amide bonds. The van der Waals surface area contributed by atoms with Crippen LogP contribution in [-0.2, 0) is 21.4 Å². The van der Waals surface area contributed by atoms with Crippen molar-refractivity contribution in [1.82, 2.24) is 9.62 Å². The minimum Gasteiger partial charge on any atom is -0.351 e. The Bertz CT molecular complexity index is 947. The van der Waals surface area contributed by atoms with Crippen LogP contribution >= 0.6 is 11.6 Å². The number of aryl methyl sites for hydroxylation is 3. The molecule has 7 heteroatoms. The van der Waals surface area contributed by atoms with Crippen LogP contribution in [0.3, 0.4) is 0 Å². The quantitative estimate of drug-likeness (QED) is 0.661. The summed E-state index contributed by atoms with van der Waals surface area (Å²) in [6.45, 7) is 9.07. The normalized spacial score (nSPS) is 11.5. The number of carbonyl (C=O) groups excluding carboxylic acids is 1. The highest BCUT2D eigenvalue weighted by molar-refractivity contribution is 7.89. The maximum absolute atomic E-state index is 13.5. The van der Waals surface area contributed by atoms with Gasteiger partial charge in [-0.15, -0.1) is 6.58 Å². The Labute approximate surface area is 172 Å². The lowest BCUT2D eigenvalue weighted by Crippen LogP contribution is -2.40. The van der Waals surface area contributed by atoms with Gasteiger partial charge in [0.15, 0.2) is 0 Å². The number of sulfonamides is 1. The molecule has 0 bridgehead atoms. The van der Waals surface area contributed by atoms with E-state index >= 15 is 0 Å². The SMILES string of the molecule is C=CCNC(=O)CN(Cc1ccc(Cl)cc1)S(=O)(=O)c1c(C)cc(C)cc1C. The number of benzene rings is 2. The van der Waals surface area contributed by atoms with Gasteiger partial charge in [0.1, 0.15) is 0 Å². The number of hydrogen-bond acceptors (Lipinski definition) is 3. The molecule has 0 aliphatic rings. The smallest absolute Gasteiger partial charge is 0.244 e. The summed E-state index contributed by atoms with van der Waals surface area (Å²) in [6.07, 6.45) is 1.55. The van der Waals surface area contributed by atoms with E-state index in [0.717, 1.165) is 11.1 Å². The Morgan fingerprint density at radius 2 is 1.71 bits per heavy atom. The molecule has 2 aromatic carbocycles. The molecule has 28 heavy (non-hydrogen) atoms. The van der Waals surface area contributed by atoms with Crippen molar-refractivity contribution in [3.63, 3.8) is 0 Å². The molecule has 2 aromatic rings. The van der Waals surface area contributed by atoms with E-state index in [1.165, 1.54) is 4.31 Å². The lowest BCUT2D eigenvalue weighted by Gasteiger charge is -2.24. The molecule has 0 heterocycles. The lowest BCUT2D eigenvalue weighted by atomic mass is 10.1. The maximum Gasteiger partial charge on any atom is 0.244 e. The van der Waals surface area contributed by atoms with Crippen molar-refractivity contribution in [1.29, 1.82) is 0 Å². The molecule has 0 atom stereocenters. The van der Waals surface area contributed by atoms with Crippen LogP contribution in [0, 0.1) is 20.8 Å². The molecule has 0 unspecified atom stereocenters. The van der Waals surface area contributed by atoms with Crippen LogP contribution in [-0.4, -0.2) is 31.7 Å². The van der Waals surface area contributed by atoms with E-state index in [1.807, 2.05) is 19.1 Å². The number of hydrogen-bond donors (Lipinski definition) is 1. The number of nitrogens with one attached hydrogen (secondary N) is 1. The van der Waals surface area contributed by atoms with Crippen molar-refractivity contribution >= 4 is 27.5 Å². The molecular weight excluding hydrogens is 396 g/mol. The minimum atomic E-state index is -3.89. The van der Waals surface area contributed by atoms with Gasteiger partial charge in [-0.1, -0.05) is 47.5 Å². The van der Waals surface area contributed by atoms with Crippen molar-refractivity contribution in [3.05, 3.63) is 76.3 Å². The summed E-state index contributed by atoms with van der Waals surface area (Å²) in [6, 6.07) is 10.6. The van der Waals surface area contributed by atoms with Crippen LogP contribution in [0.15, 0.2) is 53.9 Å². The molecule has 0 aromatic heterocycles. The maximum atomic E-state index is 13.5. The van der Waals surface area contributed by atoms with E-state index in [4.69, 9.17) is 11.6 Å². The molecule has 0 aliphatic heterocycles. The van der Waals surface area contributed by atoms with E-state index in [2.05, 4.69) is 11.9 Å². The highest BCUT2D eigenvalue weighted by Gasteiger charge is 2.29. The van der Waals surface area contributed by atoms with Gasteiger partial charge in [-0.05, 0) is 49.6 Å². The van der Waals surface area contributed by atoms with Gasteiger partial charge in [0.2, 0.25) is 15.9 Å². The Kier molecular flexibility index (Phi) is 7.41. The van der Waals surface area contributed by atoms with Crippen LogP contribution in [0.4, 0.5) is 0 Å². The van der Waals surface area contributed by atoms with Gasteiger partial charge in [0, 0.05) is 18.1 Å². The van der Waals surface area contributed by atoms with Crippen molar-refractivity contribution in [2.75, 3.05) is 13.1 Å². The van der Waals surface area contributed by atoms with Crippen molar-refractivity contribution in [3.8, 4) is 0 Å². The zero-order valence-corrected chi connectivity index (χ0v) is 17.9. The Morgan fingerprint density at radius 1 is 1.14 bits per heavy atom. The van der Waals surface area contributed by atoms with Gasteiger partial charge in [-0.2, -0.15) is 4.31 Å². The molecule has 2 rings (SSSR count). The second-order valence-electron chi connectivity index (χ2n) is 6.72. The third kappa shape index (κ3) is 5.44. The first kappa shape index (κ1) is 22.1. The average Bonchev–Trinajstić information content (AvgIpc) is 2.60. The number of halogens is 1. The summed E-state index contributed by atoms with van der Waals surface area (Å²) in [5.74, 6) is -0.389. The van der Waals surface area contributed by atoms with Gasteiger partial charge in [-0.25, -0.2) is 8.42 Å². The summed E-state index contributed by atoms with van der Waals surface area (Å²) < 4.78 is 28.1. The molecule has 0 fully saturated rings. The summed E-state index contributed by atoms with van der Waals surface area (Å²) in [5.41, 5.74) is 3.05. The first-order valence-corrected chi connectivity index (χ1v) is 10.7. The Balaban J connectivity index is 2.45. The fraction of sp³-hybridized carbons (Fsp3) is 0.286. The van der Waals surface area contributed by atoms with Gasteiger partial charge >= 0.3 is 0 Å². The minimum absolute atomic E-state index is 0.0633. The zero-order valence-electron chi connectivity index (χ0n) is 16.3. The highest BCUT2D eigenvalue weighted by Crippen LogP contribution is 2.26. The third-order valence-electron chi connectivity index (χ3n) is 4.24. The fourth-order valence-corrected chi connectivity index (χ4v) is 5.05. The van der Waals surface area contributed by atoms with E-state index in [9.17, 15) is 13.2 Å². The summed E-state index contributed by atoms with van der Waals surface area (Å²) in [4.78, 5) is 12.5. The molecule has 0 saturated carbocycles. The first-order chi connectivity index (χ1) is 13.1. The summed E-state index contributed by atoms with van der Waals surface area (Å²) >= 11 is 5.93. The van der Waals surface area contributed by atoms with E-state index < -0.39 is 10.0 Å². The second-order valence-corrected chi connectivity index (χ2v) is 9.03. The van der Waals surface area contributed by atoms with Crippen LogP contribution in [0.5, 0.6) is 0 Å². The van der Waals surface area contributed by atoms with Crippen LogP contribution in [0.2, 0.25) is 5.02 Å². The topological polar surface area (TPSA) is 66.5 Å². The third-order valence-corrected chi connectivity index (χ3v) is 6.59. The number of nitrogens with zero attached hydrogens (tertiary/aromatic N) is 1. The Hall–Kier alpha value is -2.15. The lowest BCUT2D eigenvalue weighted by molar-refractivity contribution is -0.121. The van der Waals surface area contributed by atoms with Crippen LogP contribution in [0.1, 0.15) is 22.3 Å². The second kappa shape index (κ2) is 9.37. The van der Waals surface area contributed by atoms with Crippen molar-refractivity contribution in [2.24, 2.45) is 0 Å². The van der Waals surface area contributed by atoms with Gasteiger partial charge in [0.05, 0.1) is 11.4 Å². The molecule has 5 nitrogen and oxygen atoms in total. The predicted octanol–water partition coefficient (Wildman–Crippen LogP) is 3.76. The average molecular weight is 421 g/mol. The standard InChI is InChI=1S/C21H25ClN2O3S/c1-5-10-23-20(25)14-24(13-18-6-8-19(22)9-7-18)28(26,27)21-16(3)11-15(2)12-17(21)4/h5-9,11-12H,1,10,13-14H2,2-4H3,(H,23,25). The molecule has 0 aliphatic carbocycles. The summed E-state index contributed by atoms with van der Waals surface area (Å²) in [5, 5.41) is 3.20. The van der Waals surface area contributed by atoms with Crippen molar-refractivity contribution in [2.45, 2.75) is 32.2 Å². The monoisotopic (exact) mass is 420 g/mol. The molecular formula is C21H25ClN2O3S. The number of carbonyl (C=O) groups is 1. The zero-order chi connectivity index (χ0) is 20.9. The Morgan fingerprint density at radius 3 is 2.25 bits per heavy atom.